The third kappa shape index (κ3) is 4.87. The molecule has 0 rings (SSSR count). The van der Waals surface area contributed by atoms with Crippen molar-refractivity contribution in [2.45, 2.75) is 18.3 Å². The Morgan fingerprint density at radius 3 is 2.12 bits per heavy atom. The summed E-state index contributed by atoms with van der Waals surface area (Å²) in [5.41, 5.74) is 4.91. The molecule has 0 aliphatic heterocycles. The first-order chi connectivity index (χ1) is 7.81. The third-order valence-corrected chi connectivity index (χ3v) is 1.81. The van der Waals surface area contributed by atoms with Crippen molar-refractivity contribution in [1.82, 2.24) is 0 Å². The van der Waals surface area contributed by atoms with Crippen LogP contribution in [0, 0.1) is 0 Å². The zero-order valence-electron chi connectivity index (χ0n) is 8.65. The normalized spacial score (nSPS) is 15.8. The minimum atomic E-state index is -1.93. The Bertz CT molecular complexity index is 304. The summed E-state index contributed by atoms with van der Waals surface area (Å²) in [5.74, 6) is -4.41. The highest BCUT2D eigenvalue weighted by Gasteiger charge is 2.30. The number of rotatable bonds is 6. The fourth-order valence-electron chi connectivity index (χ4n) is 0.843. The summed E-state index contributed by atoms with van der Waals surface area (Å²) in [5, 5.41) is 35.7. The Labute approximate surface area is 95.4 Å². The largest absolute Gasteiger partial charge is 0.473 e. The van der Waals surface area contributed by atoms with Crippen molar-refractivity contribution in [2.75, 3.05) is 13.2 Å². The van der Waals surface area contributed by atoms with Gasteiger partial charge in [-0.2, -0.15) is 0 Å². The number of carbonyl (C=O) groups excluding carboxylic acids is 2. The highest BCUT2D eigenvalue weighted by Crippen LogP contribution is 2.02. The number of nitrogens with two attached hydrogens (primary N) is 1. The Morgan fingerprint density at radius 1 is 1.18 bits per heavy atom. The molecule has 0 aromatic carbocycles. The average Bonchev–Trinajstić information content (AvgIpc) is 2.32. The van der Waals surface area contributed by atoms with Gasteiger partial charge in [0, 0.05) is 0 Å². The van der Waals surface area contributed by atoms with Crippen LogP contribution in [0.3, 0.4) is 0 Å². The van der Waals surface area contributed by atoms with E-state index in [-0.39, 0.29) is 0 Å². The Kier molecular flexibility index (Phi) is 6.28. The van der Waals surface area contributed by atoms with Crippen molar-refractivity contribution in [3.8, 4) is 0 Å². The minimum Gasteiger partial charge on any atom is -0.473 e. The standard InChI is InChI=1S/C8H13NO8/c9-1-3(10)5(12)6(13)4(11)2-17-8(16)7(14)15/h4-6,11-13H,1-2,9H2,(H,14,15)/t4-,5-,6-/m1/s1. The van der Waals surface area contributed by atoms with E-state index in [0.717, 1.165) is 0 Å². The number of hydrogen-bond donors (Lipinski definition) is 5. The molecule has 0 saturated heterocycles. The lowest BCUT2D eigenvalue weighted by Gasteiger charge is -2.21. The Hall–Kier alpha value is -1.55. The van der Waals surface area contributed by atoms with Crippen molar-refractivity contribution in [1.29, 1.82) is 0 Å². The summed E-state index contributed by atoms with van der Waals surface area (Å²) in [6, 6.07) is 0. The molecule has 0 amide bonds. The summed E-state index contributed by atoms with van der Waals surface area (Å²) < 4.78 is 4.05. The smallest absolute Gasteiger partial charge is 0.417 e. The lowest BCUT2D eigenvalue weighted by molar-refractivity contribution is -0.168. The Balaban J connectivity index is 4.22. The molecule has 9 nitrogen and oxygen atoms in total. The zero-order valence-corrected chi connectivity index (χ0v) is 8.65. The molecule has 0 bridgehead atoms. The van der Waals surface area contributed by atoms with Crippen LogP contribution in [0.2, 0.25) is 0 Å². The summed E-state index contributed by atoms with van der Waals surface area (Å²) in [6.07, 6.45) is -5.66. The van der Waals surface area contributed by atoms with Gasteiger partial charge in [0.1, 0.15) is 24.9 Å². The van der Waals surface area contributed by atoms with E-state index in [0.29, 0.717) is 0 Å². The second kappa shape index (κ2) is 6.91. The van der Waals surface area contributed by atoms with Crippen LogP contribution < -0.4 is 5.73 Å². The van der Waals surface area contributed by atoms with Crippen LogP contribution in [0.25, 0.3) is 0 Å². The number of ketones is 1. The van der Waals surface area contributed by atoms with Crippen molar-refractivity contribution < 1.29 is 39.5 Å². The molecule has 0 spiro atoms. The molecule has 0 aromatic rings. The summed E-state index contributed by atoms with van der Waals surface area (Å²) in [7, 11) is 0. The maximum absolute atomic E-state index is 10.9. The molecular formula is C8H13NO8. The molecule has 6 N–H and O–H groups in total. The molecule has 0 aliphatic rings. The van der Waals surface area contributed by atoms with E-state index in [1.54, 1.807) is 0 Å². The number of carbonyl (C=O) groups is 3. The number of Topliss-reactive ketones (excluding diaryl/α,β-unsaturated/α-hetero) is 1. The quantitative estimate of drug-likeness (QED) is 0.235. The topological polar surface area (TPSA) is 167 Å². The summed E-state index contributed by atoms with van der Waals surface area (Å²) in [4.78, 5) is 31.4. The van der Waals surface area contributed by atoms with E-state index in [9.17, 15) is 24.6 Å². The molecule has 17 heavy (non-hydrogen) atoms. The van der Waals surface area contributed by atoms with Gasteiger partial charge >= 0.3 is 11.9 Å². The number of aliphatic hydroxyl groups excluding tert-OH is 3. The predicted molar refractivity (Wildman–Crippen MR) is 50.7 cm³/mol. The molecule has 0 radical (unpaired) electrons. The van der Waals surface area contributed by atoms with Crippen LogP contribution >= 0.6 is 0 Å². The first-order valence-electron chi connectivity index (χ1n) is 4.48. The van der Waals surface area contributed by atoms with Gasteiger partial charge in [0.15, 0.2) is 5.78 Å². The summed E-state index contributed by atoms with van der Waals surface area (Å²) in [6.45, 7) is -1.42. The monoisotopic (exact) mass is 251 g/mol. The fraction of sp³-hybridized carbons (Fsp3) is 0.625. The molecular weight excluding hydrogens is 238 g/mol. The van der Waals surface area contributed by atoms with Gasteiger partial charge in [-0.3, -0.25) is 4.79 Å². The van der Waals surface area contributed by atoms with Crippen LogP contribution in [-0.4, -0.2) is 69.6 Å². The van der Waals surface area contributed by atoms with Gasteiger partial charge in [0.25, 0.3) is 0 Å². The molecule has 0 aromatic heterocycles. The van der Waals surface area contributed by atoms with Gasteiger partial charge in [-0.1, -0.05) is 0 Å². The molecule has 0 unspecified atom stereocenters. The van der Waals surface area contributed by atoms with Crippen LogP contribution in [0.5, 0.6) is 0 Å². The van der Waals surface area contributed by atoms with Crippen LogP contribution in [0.4, 0.5) is 0 Å². The van der Waals surface area contributed by atoms with Gasteiger partial charge in [-0.05, 0) is 0 Å². The lowest BCUT2D eigenvalue weighted by Crippen LogP contribution is -2.46. The molecule has 0 aliphatic carbocycles. The maximum atomic E-state index is 10.9. The molecule has 0 saturated carbocycles. The van der Waals surface area contributed by atoms with E-state index in [4.69, 9.17) is 15.9 Å². The van der Waals surface area contributed by atoms with E-state index < -0.39 is 49.2 Å². The van der Waals surface area contributed by atoms with Gasteiger partial charge in [-0.15, -0.1) is 0 Å². The van der Waals surface area contributed by atoms with Gasteiger partial charge in [-0.25, -0.2) is 9.59 Å². The maximum Gasteiger partial charge on any atom is 0.417 e. The molecule has 9 heteroatoms. The number of carboxylic acids is 1. The number of ether oxygens (including phenoxy) is 1. The lowest BCUT2D eigenvalue weighted by atomic mass is 10.1. The number of carboxylic acid groups (broad SMARTS) is 1. The van der Waals surface area contributed by atoms with Crippen molar-refractivity contribution in [2.24, 2.45) is 5.73 Å². The van der Waals surface area contributed by atoms with Crippen LogP contribution in [0.15, 0.2) is 0 Å². The SMILES string of the molecule is NCC(=O)[C@@H](O)[C@H](O)[C@H](O)COC(=O)C(=O)O. The van der Waals surface area contributed by atoms with Crippen molar-refractivity contribution in [3.05, 3.63) is 0 Å². The third-order valence-electron chi connectivity index (χ3n) is 1.81. The van der Waals surface area contributed by atoms with Crippen LogP contribution in [0.1, 0.15) is 0 Å². The number of hydrogen-bond acceptors (Lipinski definition) is 8. The van der Waals surface area contributed by atoms with E-state index in [2.05, 4.69) is 4.74 Å². The van der Waals surface area contributed by atoms with Crippen molar-refractivity contribution in [3.63, 3.8) is 0 Å². The fourth-order valence-corrected chi connectivity index (χ4v) is 0.843. The van der Waals surface area contributed by atoms with Gasteiger partial charge in [0.2, 0.25) is 0 Å². The van der Waals surface area contributed by atoms with E-state index >= 15 is 0 Å². The number of esters is 1. The average molecular weight is 251 g/mol. The molecule has 0 fully saturated rings. The first-order valence-corrected chi connectivity index (χ1v) is 4.48. The van der Waals surface area contributed by atoms with Crippen LogP contribution in [-0.2, 0) is 19.1 Å². The molecule has 0 heterocycles. The minimum absolute atomic E-state index is 0.542. The molecule has 98 valence electrons. The molecule has 3 atom stereocenters. The number of aliphatic hydroxyl groups is 3. The predicted octanol–water partition coefficient (Wildman–Crippen LogP) is -3.78. The first kappa shape index (κ1) is 15.4. The number of aliphatic carboxylic acids is 1. The summed E-state index contributed by atoms with van der Waals surface area (Å²) >= 11 is 0. The van der Waals surface area contributed by atoms with Crippen molar-refractivity contribution >= 4 is 17.7 Å². The highest BCUT2D eigenvalue weighted by molar-refractivity contribution is 6.28. The van der Waals surface area contributed by atoms with Gasteiger partial charge in [0.05, 0.1) is 6.54 Å². The second-order valence-electron chi connectivity index (χ2n) is 3.08. The van der Waals surface area contributed by atoms with Gasteiger partial charge < -0.3 is 30.9 Å². The highest BCUT2D eigenvalue weighted by atomic mass is 16.6. The zero-order chi connectivity index (χ0) is 13.6. The van der Waals surface area contributed by atoms with E-state index in [1.165, 1.54) is 0 Å². The Morgan fingerprint density at radius 2 is 1.71 bits per heavy atom. The van der Waals surface area contributed by atoms with E-state index in [1.807, 2.05) is 0 Å². The second-order valence-corrected chi connectivity index (χ2v) is 3.08.